The standard InChI is InChI=1S/C20H17Cl2N3O5/c21-14-5-6-16(17(22)9-14)20(12-24-8-7-23-13-24)29-11-15(30-20)10-28-19-4-2-1-3-18(19)25(26)27/h1-9,13,15H,10-12H2/t15-,20-/m1/s1. The molecule has 0 N–H and O–H groups in total. The van der Waals surface area contributed by atoms with Crippen LogP contribution in [0.3, 0.4) is 0 Å². The van der Waals surface area contributed by atoms with Crippen LogP contribution < -0.4 is 4.74 Å². The molecule has 0 bridgehead atoms. The van der Waals surface area contributed by atoms with E-state index in [-0.39, 0.29) is 24.7 Å². The van der Waals surface area contributed by atoms with Crippen LogP contribution in [0, 0.1) is 10.1 Å². The lowest BCUT2D eigenvalue weighted by molar-refractivity contribution is -0.385. The normalized spacial score (nSPS) is 20.9. The Balaban J connectivity index is 1.56. The number of nitro benzene ring substituents is 1. The summed E-state index contributed by atoms with van der Waals surface area (Å²) in [5.41, 5.74) is 0.511. The first-order chi connectivity index (χ1) is 14.5. The van der Waals surface area contributed by atoms with E-state index in [1.165, 1.54) is 6.07 Å². The van der Waals surface area contributed by atoms with Gasteiger partial charge in [-0.25, -0.2) is 4.98 Å². The zero-order valence-electron chi connectivity index (χ0n) is 15.6. The monoisotopic (exact) mass is 449 g/mol. The number of hydrogen-bond donors (Lipinski definition) is 0. The average Bonchev–Trinajstić information content (AvgIpc) is 3.37. The van der Waals surface area contributed by atoms with E-state index in [1.54, 1.807) is 55.1 Å². The Morgan fingerprint density at radius 1 is 1.30 bits per heavy atom. The number of rotatable bonds is 7. The van der Waals surface area contributed by atoms with Crippen LogP contribution in [0.2, 0.25) is 10.0 Å². The van der Waals surface area contributed by atoms with Crippen LogP contribution in [0.1, 0.15) is 5.56 Å². The topological polar surface area (TPSA) is 88.7 Å². The fourth-order valence-electron chi connectivity index (χ4n) is 3.29. The molecule has 10 heteroatoms. The molecule has 1 saturated heterocycles. The van der Waals surface area contributed by atoms with Crippen LogP contribution in [0.5, 0.6) is 5.75 Å². The molecule has 2 heterocycles. The maximum atomic E-state index is 11.2. The minimum Gasteiger partial charge on any atom is -0.484 e. The van der Waals surface area contributed by atoms with Crippen molar-refractivity contribution in [2.75, 3.05) is 13.2 Å². The zero-order valence-corrected chi connectivity index (χ0v) is 17.1. The molecule has 30 heavy (non-hydrogen) atoms. The molecule has 1 fully saturated rings. The molecule has 1 aliphatic rings. The van der Waals surface area contributed by atoms with Gasteiger partial charge in [0.2, 0.25) is 5.79 Å². The molecule has 0 amide bonds. The van der Waals surface area contributed by atoms with E-state index in [1.807, 2.05) is 4.57 Å². The van der Waals surface area contributed by atoms with Crippen LogP contribution in [0.4, 0.5) is 5.69 Å². The Morgan fingerprint density at radius 3 is 2.87 bits per heavy atom. The SMILES string of the molecule is O=[N+]([O-])c1ccccc1OC[C@@H]1CO[C@@](Cn2ccnc2)(c2ccc(Cl)cc2Cl)O1. The number of para-hydroxylation sites is 2. The van der Waals surface area contributed by atoms with E-state index >= 15 is 0 Å². The summed E-state index contributed by atoms with van der Waals surface area (Å²) >= 11 is 12.5. The molecule has 8 nitrogen and oxygen atoms in total. The predicted molar refractivity (Wildman–Crippen MR) is 110 cm³/mol. The highest BCUT2D eigenvalue weighted by Crippen LogP contribution is 2.40. The highest BCUT2D eigenvalue weighted by atomic mass is 35.5. The van der Waals surface area contributed by atoms with Gasteiger partial charge in [-0.2, -0.15) is 0 Å². The van der Waals surface area contributed by atoms with E-state index < -0.39 is 16.8 Å². The fraction of sp³-hybridized carbons (Fsp3) is 0.250. The summed E-state index contributed by atoms with van der Waals surface area (Å²) < 4.78 is 19.8. The summed E-state index contributed by atoms with van der Waals surface area (Å²) in [5.74, 6) is -1.01. The first kappa shape index (κ1) is 20.6. The van der Waals surface area contributed by atoms with Crippen LogP contribution in [-0.2, 0) is 21.8 Å². The summed E-state index contributed by atoms with van der Waals surface area (Å²) in [4.78, 5) is 14.8. The van der Waals surface area contributed by atoms with E-state index in [9.17, 15) is 10.1 Å². The average molecular weight is 450 g/mol. The van der Waals surface area contributed by atoms with E-state index in [2.05, 4.69) is 4.98 Å². The van der Waals surface area contributed by atoms with E-state index in [0.717, 1.165) is 0 Å². The lowest BCUT2D eigenvalue weighted by Crippen LogP contribution is -2.34. The maximum absolute atomic E-state index is 11.2. The van der Waals surface area contributed by atoms with Crippen molar-refractivity contribution in [3.05, 3.63) is 86.9 Å². The minimum atomic E-state index is -1.18. The van der Waals surface area contributed by atoms with Gasteiger partial charge in [0.05, 0.1) is 29.4 Å². The fourth-order valence-corrected chi connectivity index (χ4v) is 3.84. The zero-order chi connectivity index (χ0) is 21.1. The number of benzene rings is 2. The lowest BCUT2D eigenvalue weighted by atomic mass is 10.1. The van der Waals surface area contributed by atoms with Crippen molar-refractivity contribution in [1.82, 2.24) is 9.55 Å². The lowest BCUT2D eigenvalue weighted by Gasteiger charge is -2.30. The molecule has 1 aromatic heterocycles. The summed E-state index contributed by atoms with van der Waals surface area (Å²) in [6, 6.07) is 11.3. The summed E-state index contributed by atoms with van der Waals surface area (Å²) in [6.45, 7) is 0.590. The van der Waals surface area contributed by atoms with Crippen molar-refractivity contribution in [2.24, 2.45) is 0 Å². The van der Waals surface area contributed by atoms with Crippen LogP contribution in [-0.4, -0.2) is 33.8 Å². The molecule has 0 radical (unpaired) electrons. The van der Waals surface area contributed by atoms with Crippen LogP contribution >= 0.6 is 23.2 Å². The summed E-state index contributed by atoms with van der Waals surface area (Å²) in [5, 5.41) is 12.1. The predicted octanol–water partition coefficient (Wildman–Crippen LogP) is 4.45. The second-order valence-corrected chi connectivity index (χ2v) is 7.54. The highest BCUT2D eigenvalue weighted by molar-refractivity contribution is 6.35. The van der Waals surface area contributed by atoms with Crippen molar-refractivity contribution in [1.29, 1.82) is 0 Å². The van der Waals surface area contributed by atoms with Gasteiger partial charge in [0.15, 0.2) is 5.75 Å². The number of nitrogens with zero attached hydrogens (tertiary/aromatic N) is 3. The van der Waals surface area contributed by atoms with Gasteiger partial charge < -0.3 is 18.8 Å². The molecule has 0 unspecified atom stereocenters. The van der Waals surface area contributed by atoms with E-state index in [4.69, 9.17) is 37.4 Å². The third kappa shape index (κ3) is 4.27. The third-order valence-corrected chi connectivity index (χ3v) is 5.19. The van der Waals surface area contributed by atoms with Crippen molar-refractivity contribution >= 4 is 28.9 Å². The molecule has 0 spiro atoms. The van der Waals surface area contributed by atoms with Crippen molar-refractivity contribution in [3.8, 4) is 5.75 Å². The van der Waals surface area contributed by atoms with E-state index in [0.29, 0.717) is 22.2 Å². The minimum absolute atomic E-state index is 0.0712. The molecule has 0 saturated carbocycles. The second-order valence-electron chi connectivity index (χ2n) is 6.70. The molecular formula is C20H17Cl2N3O5. The Labute approximate surface area is 182 Å². The quantitative estimate of drug-likeness (QED) is 0.391. The number of hydrogen-bond acceptors (Lipinski definition) is 6. The van der Waals surface area contributed by atoms with Gasteiger partial charge >= 0.3 is 5.69 Å². The first-order valence-electron chi connectivity index (χ1n) is 9.06. The second kappa shape index (κ2) is 8.61. The smallest absolute Gasteiger partial charge is 0.310 e. The molecule has 1 aliphatic heterocycles. The number of aromatic nitrogens is 2. The number of halogens is 2. The summed E-state index contributed by atoms with van der Waals surface area (Å²) in [7, 11) is 0. The molecule has 4 rings (SSSR count). The number of nitro groups is 1. The Morgan fingerprint density at radius 2 is 2.13 bits per heavy atom. The largest absolute Gasteiger partial charge is 0.484 e. The van der Waals surface area contributed by atoms with Crippen LogP contribution in [0.15, 0.2) is 61.2 Å². The molecule has 0 aliphatic carbocycles. The Kier molecular flexibility index (Phi) is 5.92. The molecular weight excluding hydrogens is 433 g/mol. The van der Waals surface area contributed by atoms with Crippen molar-refractivity contribution < 1.29 is 19.1 Å². The molecule has 3 aromatic rings. The van der Waals surface area contributed by atoms with Gasteiger partial charge in [-0.1, -0.05) is 41.4 Å². The van der Waals surface area contributed by atoms with Gasteiger partial charge in [-0.15, -0.1) is 0 Å². The highest BCUT2D eigenvalue weighted by Gasteiger charge is 2.45. The molecule has 2 atom stereocenters. The van der Waals surface area contributed by atoms with Gasteiger partial charge in [-0.05, 0) is 18.2 Å². The maximum Gasteiger partial charge on any atom is 0.310 e. The summed E-state index contributed by atoms with van der Waals surface area (Å²) in [6.07, 6.45) is 4.62. The molecule has 156 valence electrons. The Bertz CT molecular complexity index is 1050. The number of imidazole rings is 1. The Hall–Kier alpha value is -2.65. The van der Waals surface area contributed by atoms with Gasteiger partial charge in [-0.3, -0.25) is 10.1 Å². The van der Waals surface area contributed by atoms with Gasteiger partial charge in [0.1, 0.15) is 12.7 Å². The van der Waals surface area contributed by atoms with Crippen LogP contribution in [0.25, 0.3) is 0 Å². The number of ether oxygens (including phenoxy) is 3. The first-order valence-corrected chi connectivity index (χ1v) is 9.82. The van der Waals surface area contributed by atoms with Crippen molar-refractivity contribution in [3.63, 3.8) is 0 Å². The molecule has 2 aromatic carbocycles. The third-order valence-electron chi connectivity index (χ3n) is 4.64. The van der Waals surface area contributed by atoms with Gasteiger partial charge in [0, 0.05) is 29.0 Å². The van der Waals surface area contributed by atoms with Crippen molar-refractivity contribution in [2.45, 2.75) is 18.4 Å². The van der Waals surface area contributed by atoms with Gasteiger partial charge in [0.25, 0.3) is 0 Å².